The highest BCUT2D eigenvalue weighted by molar-refractivity contribution is 5.92. The topological polar surface area (TPSA) is 68.6 Å². The molecule has 1 saturated heterocycles. The average Bonchev–Trinajstić information content (AvgIpc) is 3.19. The third kappa shape index (κ3) is 4.16. The number of likely N-dealkylation sites (tertiary alicyclic amines) is 1. The van der Waals surface area contributed by atoms with Gasteiger partial charge < -0.3 is 14.8 Å². The third-order valence-corrected chi connectivity index (χ3v) is 4.64. The van der Waals surface area contributed by atoms with Crippen LogP contribution in [0.4, 0.5) is 5.69 Å². The number of anilines is 1. The van der Waals surface area contributed by atoms with E-state index >= 15 is 0 Å². The Hall–Kier alpha value is -2.54. The second-order valence-corrected chi connectivity index (χ2v) is 6.70. The molecule has 0 unspecified atom stereocenters. The van der Waals surface area contributed by atoms with Crippen molar-refractivity contribution in [1.82, 2.24) is 14.7 Å². The maximum atomic E-state index is 12.4. The van der Waals surface area contributed by atoms with Crippen molar-refractivity contribution in [3.8, 4) is 11.5 Å². The maximum absolute atomic E-state index is 12.4. The van der Waals surface area contributed by atoms with Crippen molar-refractivity contribution in [2.75, 3.05) is 39.2 Å². The van der Waals surface area contributed by atoms with E-state index in [-0.39, 0.29) is 5.91 Å². The van der Waals surface area contributed by atoms with E-state index in [2.05, 4.69) is 33.0 Å². The van der Waals surface area contributed by atoms with Crippen LogP contribution in [0.2, 0.25) is 0 Å². The fraction of sp³-hybridized carbons (Fsp3) is 0.474. The molecule has 26 heavy (non-hydrogen) atoms. The number of carbonyl (C=O) groups is 1. The number of nitrogens with zero attached hydrogens (tertiary/aromatic N) is 3. The molecule has 1 N–H and O–H groups in total. The van der Waals surface area contributed by atoms with Gasteiger partial charge in [0.05, 0.1) is 32.5 Å². The van der Waals surface area contributed by atoms with E-state index in [0.29, 0.717) is 29.8 Å². The molecule has 1 atom stereocenters. The zero-order valence-corrected chi connectivity index (χ0v) is 15.8. The van der Waals surface area contributed by atoms with Crippen molar-refractivity contribution < 1.29 is 14.3 Å². The summed E-state index contributed by atoms with van der Waals surface area (Å²) in [6.45, 7) is 6.15. The number of aromatic nitrogens is 2. The molecule has 1 aromatic carbocycles. The van der Waals surface area contributed by atoms with E-state index in [0.717, 1.165) is 25.2 Å². The van der Waals surface area contributed by atoms with Crippen LogP contribution >= 0.6 is 0 Å². The van der Waals surface area contributed by atoms with Crippen LogP contribution in [-0.4, -0.2) is 54.4 Å². The van der Waals surface area contributed by atoms with Gasteiger partial charge in [-0.1, -0.05) is 0 Å². The molecule has 0 spiro atoms. The van der Waals surface area contributed by atoms with Gasteiger partial charge in [-0.05, 0) is 26.3 Å². The second-order valence-electron chi connectivity index (χ2n) is 6.70. The Morgan fingerprint density at radius 2 is 1.88 bits per heavy atom. The molecule has 7 heteroatoms. The van der Waals surface area contributed by atoms with Crippen LogP contribution in [0.1, 0.15) is 23.9 Å². The number of ether oxygens (including phenoxy) is 2. The van der Waals surface area contributed by atoms with Gasteiger partial charge in [0, 0.05) is 42.7 Å². The van der Waals surface area contributed by atoms with Crippen molar-refractivity contribution in [3.05, 3.63) is 35.7 Å². The Kier molecular flexibility index (Phi) is 5.46. The minimum Gasteiger partial charge on any atom is -0.497 e. The number of benzene rings is 1. The highest BCUT2D eigenvalue weighted by Crippen LogP contribution is 2.26. The molecule has 2 aromatic rings. The Morgan fingerprint density at radius 3 is 2.46 bits per heavy atom. The van der Waals surface area contributed by atoms with Gasteiger partial charge in [0.1, 0.15) is 11.5 Å². The molecule has 0 radical (unpaired) electrons. The van der Waals surface area contributed by atoms with Gasteiger partial charge in [-0.15, -0.1) is 0 Å². The number of hydrogen-bond acceptors (Lipinski definition) is 5. The largest absolute Gasteiger partial charge is 0.497 e. The number of methoxy groups -OCH3 is 2. The Morgan fingerprint density at radius 1 is 1.19 bits per heavy atom. The lowest BCUT2D eigenvalue weighted by molar-refractivity contribution is -0.117. The van der Waals surface area contributed by atoms with Gasteiger partial charge >= 0.3 is 0 Å². The SMILES string of the molecule is COc1cc(NC(=O)CN2CC[C@@H](n3nc(C)cc3C)C2)cc(OC)c1. The molecule has 1 aliphatic heterocycles. The second kappa shape index (κ2) is 7.78. The quantitative estimate of drug-likeness (QED) is 0.859. The molecule has 140 valence electrons. The van der Waals surface area contributed by atoms with Gasteiger partial charge in [-0.25, -0.2) is 0 Å². The van der Waals surface area contributed by atoms with E-state index in [4.69, 9.17) is 9.47 Å². The number of aryl methyl sites for hydroxylation is 2. The monoisotopic (exact) mass is 358 g/mol. The van der Waals surface area contributed by atoms with Gasteiger partial charge in [0.2, 0.25) is 5.91 Å². The minimum atomic E-state index is -0.0469. The van der Waals surface area contributed by atoms with Gasteiger partial charge in [0.15, 0.2) is 0 Å². The molecule has 0 bridgehead atoms. The molecule has 7 nitrogen and oxygen atoms in total. The summed E-state index contributed by atoms with van der Waals surface area (Å²) in [6.07, 6.45) is 1.00. The van der Waals surface area contributed by atoms with Crippen LogP contribution in [0, 0.1) is 13.8 Å². The normalized spacial score (nSPS) is 17.3. The first kappa shape index (κ1) is 18.3. The van der Waals surface area contributed by atoms with Crippen LogP contribution in [0.25, 0.3) is 0 Å². The van der Waals surface area contributed by atoms with E-state index < -0.39 is 0 Å². The predicted molar refractivity (Wildman–Crippen MR) is 100.0 cm³/mol. The molecular weight excluding hydrogens is 332 g/mol. The Labute approximate surface area is 153 Å². The smallest absolute Gasteiger partial charge is 0.238 e. The first-order chi connectivity index (χ1) is 12.5. The van der Waals surface area contributed by atoms with E-state index in [9.17, 15) is 4.79 Å². The van der Waals surface area contributed by atoms with Crippen molar-refractivity contribution in [2.24, 2.45) is 0 Å². The van der Waals surface area contributed by atoms with Crippen LogP contribution in [0.3, 0.4) is 0 Å². The number of amides is 1. The number of nitrogens with one attached hydrogen (secondary N) is 1. The van der Waals surface area contributed by atoms with E-state index in [1.807, 2.05) is 6.92 Å². The summed E-state index contributed by atoms with van der Waals surface area (Å²) >= 11 is 0. The molecule has 0 aliphatic carbocycles. The highest BCUT2D eigenvalue weighted by Gasteiger charge is 2.26. The van der Waals surface area contributed by atoms with Gasteiger partial charge in [-0.2, -0.15) is 5.10 Å². The molecule has 0 saturated carbocycles. The standard InChI is InChI=1S/C19H26N4O3/c1-13-7-14(2)23(21-13)16-5-6-22(11-16)12-19(24)20-15-8-17(25-3)10-18(9-15)26-4/h7-10,16H,5-6,11-12H2,1-4H3,(H,20,24)/t16-/m1/s1. The van der Waals surface area contributed by atoms with Crippen LogP contribution in [-0.2, 0) is 4.79 Å². The summed E-state index contributed by atoms with van der Waals surface area (Å²) in [5.41, 5.74) is 2.87. The zero-order valence-electron chi connectivity index (χ0n) is 15.8. The van der Waals surface area contributed by atoms with Gasteiger partial charge in [-0.3, -0.25) is 14.4 Å². The summed E-state index contributed by atoms with van der Waals surface area (Å²) in [5, 5.41) is 7.50. The lowest BCUT2D eigenvalue weighted by Crippen LogP contribution is -2.32. The fourth-order valence-electron chi connectivity index (χ4n) is 3.45. The van der Waals surface area contributed by atoms with Crippen molar-refractivity contribution >= 4 is 11.6 Å². The molecule has 1 aromatic heterocycles. The lowest BCUT2D eigenvalue weighted by atomic mass is 10.2. The maximum Gasteiger partial charge on any atom is 0.238 e. The lowest BCUT2D eigenvalue weighted by Gasteiger charge is -2.17. The number of rotatable bonds is 6. The summed E-state index contributed by atoms with van der Waals surface area (Å²) in [6, 6.07) is 7.75. The first-order valence-corrected chi connectivity index (χ1v) is 8.76. The Balaban J connectivity index is 1.58. The molecule has 1 aliphatic rings. The molecule has 1 fully saturated rings. The predicted octanol–water partition coefficient (Wildman–Crippen LogP) is 2.40. The molecule has 1 amide bonds. The molecular formula is C19H26N4O3. The first-order valence-electron chi connectivity index (χ1n) is 8.76. The Bertz CT molecular complexity index is 765. The van der Waals surface area contributed by atoms with Crippen molar-refractivity contribution in [1.29, 1.82) is 0 Å². The fourth-order valence-corrected chi connectivity index (χ4v) is 3.45. The molecule has 2 heterocycles. The summed E-state index contributed by atoms with van der Waals surface area (Å²) in [4.78, 5) is 14.6. The number of carbonyl (C=O) groups excluding carboxylic acids is 1. The highest BCUT2D eigenvalue weighted by atomic mass is 16.5. The minimum absolute atomic E-state index is 0.0469. The summed E-state index contributed by atoms with van der Waals surface area (Å²) in [5.74, 6) is 1.24. The van der Waals surface area contributed by atoms with Gasteiger partial charge in [0.25, 0.3) is 0 Å². The van der Waals surface area contributed by atoms with Crippen molar-refractivity contribution in [3.63, 3.8) is 0 Å². The van der Waals surface area contributed by atoms with E-state index in [1.54, 1.807) is 32.4 Å². The summed E-state index contributed by atoms with van der Waals surface area (Å²) in [7, 11) is 3.17. The van der Waals surface area contributed by atoms with Crippen molar-refractivity contribution in [2.45, 2.75) is 26.3 Å². The third-order valence-electron chi connectivity index (χ3n) is 4.64. The average molecular weight is 358 g/mol. The summed E-state index contributed by atoms with van der Waals surface area (Å²) < 4.78 is 12.6. The van der Waals surface area contributed by atoms with Crippen LogP contribution < -0.4 is 14.8 Å². The number of hydrogen-bond donors (Lipinski definition) is 1. The molecule has 3 rings (SSSR count). The van der Waals surface area contributed by atoms with Crippen LogP contribution in [0.5, 0.6) is 11.5 Å². The van der Waals surface area contributed by atoms with Crippen LogP contribution in [0.15, 0.2) is 24.3 Å². The zero-order chi connectivity index (χ0) is 18.7. The van der Waals surface area contributed by atoms with E-state index in [1.165, 1.54) is 5.69 Å².